The van der Waals surface area contributed by atoms with E-state index in [-0.39, 0.29) is 35.5 Å². The van der Waals surface area contributed by atoms with Crippen LogP contribution < -0.4 is 5.32 Å². The van der Waals surface area contributed by atoms with Gasteiger partial charge in [0.25, 0.3) is 0 Å². The fourth-order valence-corrected chi connectivity index (χ4v) is 4.39. The third kappa shape index (κ3) is 3.72. The molecule has 3 amide bonds. The molecule has 0 saturated carbocycles. The molecule has 1 aliphatic carbocycles. The number of hydrogen-bond donors (Lipinski definition) is 1. The maximum Gasteiger partial charge on any atom is 0.243 e. The number of nitrogens with zero attached hydrogens (tertiary/aromatic N) is 2. The Morgan fingerprint density at radius 1 is 1.27 bits per heavy atom. The van der Waals surface area contributed by atoms with E-state index >= 15 is 0 Å². The number of likely N-dealkylation sites (tertiary alicyclic amines) is 1. The van der Waals surface area contributed by atoms with E-state index < -0.39 is 6.04 Å². The topological polar surface area (TPSA) is 79.4 Å². The summed E-state index contributed by atoms with van der Waals surface area (Å²) in [6, 6.07) is -0.748. The summed E-state index contributed by atoms with van der Waals surface area (Å²) in [6.45, 7) is 6.20. The number of hydrogen-bond acceptors (Lipinski definition) is 5. The highest BCUT2D eigenvalue weighted by atomic mass is 32.1. The van der Waals surface area contributed by atoms with Gasteiger partial charge < -0.3 is 5.32 Å². The zero-order chi connectivity index (χ0) is 18.8. The van der Waals surface area contributed by atoms with Crippen molar-refractivity contribution < 1.29 is 14.4 Å². The van der Waals surface area contributed by atoms with E-state index in [0.717, 1.165) is 10.7 Å². The number of imide groups is 1. The normalized spacial score (nSPS) is 23.5. The minimum atomic E-state index is -0.748. The third-order valence-electron chi connectivity index (χ3n) is 4.93. The molecule has 1 aliphatic heterocycles. The predicted molar refractivity (Wildman–Crippen MR) is 99.1 cm³/mol. The Morgan fingerprint density at radius 3 is 2.38 bits per heavy atom. The molecule has 1 saturated heterocycles. The number of carbonyl (C=O) groups excluding carboxylic acids is 3. The van der Waals surface area contributed by atoms with Crippen LogP contribution in [0.2, 0.25) is 0 Å². The van der Waals surface area contributed by atoms with Crippen molar-refractivity contribution in [1.82, 2.24) is 15.2 Å². The average Bonchev–Trinajstić information content (AvgIpc) is 3.13. The van der Waals surface area contributed by atoms with Gasteiger partial charge in [0.1, 0.15) is 11.0 Å². The number of fused-ring (bicyclic) bond motifs is 1. The summed E-state index contributed by atoms with van der Waals surface area (Å²) in [7, 11) is 0. The molecular weight excluding hydrogens is 350 g/mol. The number of nitrogens with one attached hydrogen (secondary N) is 1. The van der Waals surface area contributed by atoms with Crippen molar-refractivity contribution in [2.24, 2.45) is 17.8 Å². The van der Waals surface area contributed by atoms with Crippen molar-refractivity contribution in [1.29, 1.82) is 0 Å². The van der Waals surface area contributed by atoms with Crippen molar-refractivity contribution >= 4 is 29.1 Å². The number of aromatic nitrogens is 1. The van der Waals surface area contributed by atoms with Gasteiger partial charge in [0, 0.05) is 11.1 Å². The van der Waals surface area contributed by atoms with Crippen LogP contribution in [0, 0.1) is 24.7 Å². The quantitative estimate of drug-likeness (QED) is 0.612. The summed E-state index contributed by atoms with van der Waals surface area (Å²) >= 11 is 1.49. The van der Waals surface area contributed by atoms with Crippen molar-refractivity contribution in [2.45, 2.75) is 52.6 Å². The van der Waals surface area contributed by atoms with E-state index in [2.05, 4.69) is 10.3 Å². The number of rotatable bonds is 6. The van der Waals surface area contributed by atoms with Crippen LogP contribution in [0.1, 0.15) is 43.8 Å². The Bertz CT molecular complexity index is 714. The predicted octanol–water partition coefficient (Wildman–Crippen LogP) is 2.43. The Balaban J connectivity index is 1.75. The maximum atomic E-state index is 12.8. The SMILES string of the molecule is Cc1csc(CNC(=O)C(CC(C)C)N2C(=O)C3CC=CCC3C2=O)n1. The van der Waals surface area contributed by atoms with Crippen molar-refractivity contribution in [3.05, 3.63) is 28.2 Å². The van der Waals surface area contributed by atoms with Gasteiger partial charge in [-0.05, 0) is 32.1 Å². The lowest BCUT2D eigenvalue weighted by molar-refractivity contribution is -0.148. The Hall–Kier alpha value is -2.02. The van der Waals surface area contributed by atoms with E-state index in [1.165, 1.54) is 16.2 Å². The third-order valence-corrected chi connectivity index (χ3v) is 5.90. The highest BCUT2D eigenvalue weighted by Gasteiger charge is 2.51. The molecule has 3 rings (SSSR count). The van der Waals surface area contributed by atoms with Gasteiger partial charge in [0.05, 0.1) is 18.4 Å². The molecule has 6 nitrogen and oxygen atoms in total. The molecule has 0 bridgehead atoms. The number of amides is 3. The number of thiazole rings is 1. The average molecular weight is 375 g/mol. The molecule has 3 atom stereocenters. The minimum absolute atomic E-state index is 0.189. The number of aryl methyl sites for hydroxylation is 1. The fraction of sp³-hybridized carbons (Fsp3) is 0.579. The second-order valence-electron chi connectivity index (χ2n) is 7.45. The van der Waals surface area contributed by atoms with Crippen LogP contribution in [0.25, 0.3) is 0 Å². The summed E-state index contributed by atoms with van der Waals surface area (Å²) in [4.78, 5) is 44.1. The molecule has 3 unspecified atom stereocenters. The van der Waals surface area contributed by atoms with Gasteiger partial charge in [0.15, 0.2) is 0 Å². The lowest BCUT2D eigenvalue weighted by Gasteiger charge is -2.27. The van der Waals surface area contributed by atoms with E-state index in [1.807, 2.05) is 38.3 Å². The molecule has 1 fully saturated rings. The molecule has 0 radical (unpaired) electrons. The van der Waals surface area contributed by atoms with Gasteiger partial charge in [0.2, 0.25) is 17.7 Å². The molecule has 2 aliphatic rings. The van der Waals surface area contributed by atoms with Gasteiger partial charge in [-0.1, -0.05) is 26.0 Å². The van der Waals surface area contributed by atoms with E-state index in [0.29, 0.717) is 25.8 Å². The molecule has 1 aromatic heterocycles. The van der Waals surface area contributed by atoms with Gasteiger partial charge in [-0.3, -0.25) is 19.3 Å². The second-order valence-corrected chi connectivity index (χ2v) is 8.39. The summed E-state index contributed by atoms with van der Waals surface area (Å²) in [6.07, 6.45) is 5.55. The van der Waals surface area contributed by atoms with Crippen molar-refractivity contribution in [3.63, 3.8) is 0 Å². The van der Waals surface area contributed by atoms with E-state index in [1.54, 1.807) is 0 Å². The first-order chi connectivity index (χ1) is 12.4. The molecule has 0 aromatic carbocycles. The number of allylic oxidation sites excluding steroid dienone is 2. The molecule has 2 heterocycles. The minimum Gasteiger partial charge on any atom is -0.348 e. The molecular formula is C19H25N3O3S. The smallest absolute Gasteiger partial charge is 0.243 e. The Labute approximate surface area is 157 Å². The van der Waals surface area contributed by atoms with E-state index in [4.69, 9.17) is 0 Å². The standard InChI is InChI=1S/C19H25N3O3S/c1-11(2)8-15(17(23)20-9-16-21-12(3)10-26-16)22-18(24)13-6-4-5-7-14(13)19(22)25/h4-5,10-11,13-15H,6-9H2,1-3H3,(H,20,23). The second kappa shape index (κ2) is 7.70. The molecule has 7 heteroatoms. The van der Waals surface area contributed by atoms with Crippen molar-refractivity contribution in [2.75, 3.05) is 0 Å². The van der Waals surface area contributed by atoms with Gasteiger partial charge >= 0.3 is 0 Å². The highest BCUT2D eigenvalue weighted by molar-refractivity contribution is 7.09. The first-order valence-corrected chi connectivity index (χ1v) is 9.97. The van der Waals surface area contributed by atoms with Crippen molar-refractivity contribution in [3.8, 4) is 0 Å². The van der Waals surface area contributed by atoms with Crippen LogP contribution in [-0.4, -0.2) is 33.6 Å². The van der Waals surface area contributed by atoms with Crippen LogP contribution >= 0.6 is 11.3 Å². The molecule has 0 spiro atoms. The monoisotopic (exact) mass is 375 g/mol. The maximum absolute atomic E-state index is 12.8. The zero-order valence-corrected chi connectivity index (χ0v) is 16.2. The summed E-state index contributed by atoms with van der Waals surface area (Å²) in [5.41, 5.74) is 0.916. The molecule has 140 valence electrons. The van der Waals surface area contributed by atoms with Gasteiger partial charge in [-0.25, -0.2) is 4.98 Å². The largest absolute Gasteiger partial charge is 0.348 e. The molecule has 1 N–H and O–H groups in total. The first-order valence-electron chi connectivity index (χ1n) is 9.09. The zero-order valence-electron chi connectivity index (χ0n) is 15.4. The van der Waals surface area contributed by atoms with Crippen LogP contribution in [0.4, 0.5) is 0 Å². The highest BCUT2D eigenvalue weighted by Crippen LogP contribution is 2.37. The van der Waals surface area contributed by atoms with E-state index in [9.17, 15) is 14.4 Å². The van der Waals surface area contributed by atoms with Crippen LogP contribution in [0.15, 0.2) is 17.5 Å². The summed E-state index contributed by atoms with van der Waals surface area (Å²) in [5, 5.41) is 5.61. The van der Waals surface area contributed by atoms with Gasteiger partial charge in [-0.2, -0.15) is 0 Å². The molecule has 1 aromatic rings. The first kappa shape index (κ1) is 18.8. The van der Waals surface area contributed by atoms with Crippen LogP contribution in [-0.2, 0) is 20.9 Å². The fourth-order valence-electron chi connectivity index (χ4n) is 3.67. The summed E-state index contributed by atoms with van der Waals surface area (Å²) < 4.78 is 0. The summed E-state index contributed by atoms with van der Waals surface area (Å²) in [5.74, 6) is -1.10. The van der Waals surface area contributed by atoms with Gasteiger partial charge in [-0.15, -0.1) is 11.3 Å². The lowest BCUT2D eigenvalue weighted by atomic mass is 9.85. The van der Waals surface area contributed by atoms with Crippen LogP contribution in [0.3, 0.4) is 0 Å². The Kier molecular flexibility index (Phi) is 5.55. The number of carbonyl (C=O) groups is 3. The van der Waals surface area contributed by atoms with Crippen LogP contribution in [0.5, 0.6) is 0 Å². The molecule has 26 heavy (non-hydrogen) atoms. The Morgan fingerprint density at radius 2 is 1.88 bits per heavy atom. The lowest BCUT2D eigenvalue weighted by Crippen LogP contribution is -2.50.